The van der Waals surface area contributed by atoms with Crippen LogP contribution in [-0.2, 0) is 6.54 Å². The highest BCUT2D eigenvalue weighted by molar-refractivity contribution is 14.1. The van der Waals surface area contributed by atoms with Crippen LogP contribution in [-0.4, -0.2) is 18.1 Å². The number of carbonyl (C=O) groups is 1. The number of hydrogen-bond donors (Lipinski definition) is 2. The van der Waals surface area contributed by atoms with E-state index in [-0.39, 0.29) is 11.0 Å². The van der Waals surface area contributed by atoms with E-state index >= 15 is 0 Å². The van der Waals surface area contributed by atoms with Gasteiger partial charge in [-0.1, -0.05) is 29.8 Å². The van der Waals surface area contributed by atoms with Gasteiger partial charge in [-0.2, -0.15) is 0 Å². The first-order valence-corrected chi connectivity index (χ1v) is 8.54. The minimum Gasteiger partial charge on any atom is -0.496 e. The Morgan fingerprint density at radius 1 is 1.30 bits per heavy atom. The van der Waals surface area contributed by atoms with Crippen LogP contribution in [0.2, 0.25) is 5.02 Å². The summed E-state index contributed by atoms with van der Waals surface area (Å²) in [5.74, 6) is 0.448. The molecule has 7 heteroatoms. The molecule has 0 heterocycles. The molecular weight excluding hydrogens is 447 g/mol. The summed E-state index contributed by atoms with van der Waals surface area (Å²) < 4.78 is 6.02. The third-order valence-corrected chi connectivity index (χ3v) is 4.50. The summed E-state index contributed by atoms with van der Waals surface area (Å²) in [7, 11) is 1.59. The molecule has 0 aliphatic heterocycles. The summed E-state index contributed by atoms with van der Waals surface area (Å²) in [5.41, 5.74) is 1.42. The highest BCUT2D eigenvalue weighted by Gasteiger charge is 2.10. The quantitative estimate of drug-likeness (QED) is 0.539. The van der Waals surface area contributed by atoms with Crippen molar-refractivity contribution >= 4 is 57.4 Å². The van der Waals surface area contributed by atoms with Gasteiger partial charge in [0.15, 0.2) is 5.11 Å². The average molecular weight is 461 g/mol. The van der Waals surface area contributed by atoms with Gasteiger partial charge in [0, 0.05) is 17.1 Å². The van der Waals surface area contributed by atoms with Crippen LogP contribution in [0.3, 0.4) is 0 Å². The molecule has 23 heavy (non-hydrogen) atoms. The lowest BCUT2D eigenvalue weighted by atomic mass is 10.2. The molecule has 0 aromatic heterocycles. The van der Waals surface area contributed by atoms with E-state index in [2.05, 4.69) is 33.2 Å². The highest BCUT2D eigenvalue weighted by atomic mass is 127. The number of nitrogens with one attached hydrogen (secondary N) is 2. The van der Waals surface area contributed by atoms with Crippen LogP contribution in [0.15, 0.2) is 42.5 Å². The standard InChI is InChI=1S/C16H14ClIN2O2S/c1-22-14-7-6-10(8-13(14)18)15(21)20-16(23)19-9-11-4-2-3-5-12(11)17/h2-8H,9H2,1H3,(H2,19,20,21,23). The number of rotatable bonds is 4. The van der Waals surface area contributed by atoms with Crippen molar-refractivity contribution < 1.29 is 9.53 Å². The Morgan fingerprint density at radius 3 is 2.70 bits per heavy atom. The van der Waals surface area contributed by atoms with E-state index in [0.29, 0.717) is 17.1 Å². The third-order valence-electron chi connectivity index (χ3n) is 3.04. The lowest BCUT2D eigenvalue weighted by Crippen LogP contribution is -2.38. The average Bonchev–Trinajstić information content (AvgIpc) is 2.54. The van der Waals surface area contributed by atoms with Gasteiger partial charge in [0.2, 0.25) is 0 Å². The molecular formula is C16H14ClIN2O2S. The minimum absolute atomic E-state index is 0.251. The zero-order valence-electron chi connectivity index (χ0n) is 12.2. The molecule has 0 saturated heterocycles. The fourth-order valence-electron chi connectivity index (χ4n) is 1.84. The summed E-state index contributed by atoms with van der Waals surface area (Å²) in [6, 6.07) is 12.6. The Labute approximate surface area is 158 Å². The Bertz CT molecular complexity index is 740. The monoisotopic (exact) mass is 460 g/mol. The van der Waals surface area contributed by atoms with E-state index in [9.17, 15) is 4.79 Å². The Balaban J connectivity index is 1.93. The van der Waals surface area contributed by atoms with Crippen LogP contribution >= 0.6 is 46.4 Å². The van der Waals surface area contributed by atoms with Crippen molar-refractivity contribution in [3.8, 4) is 5.75 Å². The fraction of sp³-hybridized carbons (Fsp3) is 0.125. The van der Waals surface area contributed by atoms with E-state index in [0.717, 1.165) is 14.9 Å². The van der Waals surface area contributed by atoms with Crippen LogP contribution < -0.4 is 15.4 Å². The molecule has 0 fully saturated rings. The van der Waals surface area contributed by atoms with E-state index in [1.807, 2.05) is 18.2 Å². The van der Waals surface area contributed by atoms with Crippen molar-refractivity contribution in [3.63, 3.8) is 0 Å². The molecule has 0 unspecified atom stereocenters. The van der Waals surface area contributed by atoms with Crippen LogP contribution in [0, 0.1) is 3.57 Å². The number of halogens is 2. The second-order valence-electron chi connectivity index (χ2n) is 4.58. The third kappa shape index (κ3) is 5.05. The molecule has 2 N–H and O–H groups in total. The van der Waals surface area contributed by atoms with E-state index in [1.54, 1.807) is 31.4 Å². The lowest BCUT2D eigenvalue weighted by molar-refractivity contribution is 0.0976. The zero-order chi connectivity index (χ0) is 16.8. The zero-order valence-corrected chi connectivity index (χ0v) is 16.0. The molecule has 2 aromatic rings. The highest BCUT2D eigenvalue weighted by Crippen LogP contribution is 2.21. The first kappa shape index (κ1) is 18.0. The Hall–Kier alpha value is -1.38. The van der Waals surface area contributed by atoms with Crippen LogP contribution in [0.25, 0.3) is 0 Å². The molecule has 2 rings (SSSR count). The van der Waals surface area contributed by atoms with Crippen molar-refractivity contribution in [2.24, 2.45) is 0 Å². The largest absolute Gasteiger partial charge is 0.496 e. The predicted molar refractivity (Wildman–Crippen MR) is 104 cm³/mol. The van der Waals surface area contributed by atoms with Crippen LogP contribution in [0.4, 0.5) is 0 Å². The molecule has 0 aliphatic rings. The predicted octanol–water partition coefficient (Wildman–Crippen LogP) is 3.76. The SMILES string of the molecule is COc1ccc(C(=O)NC(=S)NCc2ccccc2Cl)cc1I. The van der Waals surface area contributed by atoms with Gasteiger partial charge < -0.3 is 10.1 Å². The van der Waals surface area contributed by atoms with Crippen molar-refractivity contribution in [2.45, 2.75) is 6.54 Å². The fourth-order valence-corrected chi connectivity index (χ4v) is 2.95. The topological polar surface area (TPSA) is 50.4 Å². The van der Waals surface area contributed by atoms with Gasteiger partial charge in [0.25, 0.3) is 5.91 Å². The van der Waals surface area contributed by atoms with Crippen molar-refractivity contribution in [2.75, 3.05) is 7.11 Å². The molecule has 120 valence electrons. The molecule has 0 aliphatic carbocycles. The molecule has 0 radical (unpaired) electrons. The first-order chi connectivity index (χ1) is 11.0. The summed E-state index contributed by atoms with van der Waals surface area (Å²) in [6.07, 6.45) is 0. The van der Waals surface area contributed by atoms with Crippen molar-refractivity contribution in [1.29, 1.82) is 0 Å². The van der Waals surface area contributed by atoms with Gasteiger partial charge in [-0.05, 0) is 64.6 Å². The van der Waals surface area contributed by atoms with Crippen LogP contribution in [0.5, 0.6) is 5.75 Å². The molecule has 2 aromatic carbocycles. The van der Waals surface area contributed by atoms with E-state index < -0.39 is 0 Å². The molecule has 4 nitrogen and oxygen atoms in total. The second kappa shape index (κ2) is 8.47. The number of ether oxygens (including phenoxy) is 1. The maximum atomic E-state index is 12.2. The maximum Gasteiger partial charge on any atom is 0.257 e. The van der Waals surface area contributed by atoms with E-state index in [1.165, 1.54) is 0 Å². The molecule has 0 saturated carbocycles. The van der Waals surface area contributed by atoms with Crippen molar-refractivity contribution in [1.82, 2.24) is 10.6 Å². The molecule has 1 amide bonds. The van der Waals surface area contributed by atoms with Gasteiger partial charge in [-0.25, -0.2) is 0 Å². The summed E-state index contributed by atoms with van der Waals surface area (Å²) in [4.78, 5) is 12.2. The van der Waals surface area contributed by atoms with Gasteiger partial charge >= 0.3 is 0 Å². The van der Waals surface area contributed by atoms with Crippen molar-refractivity contribution in [3.05, 3.63) is 62.2 Å². The van der Waals surface area contributed by atoms with E-state index in [4.69, 9.17) is 28.6 Å². The van der Waals surface area contributed by atoms with Gasteiger partial charge in [0.1, 0.15) is 5.75 Å². The molecule has 0 atom stereocenters. The number of hydrogen-bond acceptors (Lipinski definition) is 3. The summed E-state index contributed by atoms with van der Waals surface area (Å²) >= 11 is 13.3. The molecule has 0 bridgehead atoms. The maximum absolute atomic E-state index is 12.2. The number of methoxy groups -OCH3 is 1. The normalized spacial score (nSPS) is 10.0. The number of benzene rings is 2. The second-order valence-corrected chi connectivity index (χ2v) is 6.56. The Kier molecular flexibility index (Phi) is 6.61. The Morgan fingerprint density at radius 2 is 2.04 bits per heavy atom. The van der Waals surface area contributed by atoms with Gasteiger partial charge in [-0.15, -0.1) is 0 Å². The van der Waals surface area contributed by atoms with Gasteiger partial charge in [0.05, 0.1) is 10.7 Å². The number of carbonyl (C=O) groups excluding carboxylic acids is 1. The number of thiocarbonyl (C=S) groups is 1. The summed E-state index contributed by atoms with van der Waals surface area (Å²) in [6.45, 7) is 0.443. The summed E-state index contributed by atoms with van der Waals surface area (Å²) in [5, 5.41) is 6.51. The smallest absolute Gasteiger partial charge is 0.257 e. The minimum atomic E-state index is -0.276. The lowest BCUT2D eigenvalue weighted by Gasteiger charge is -2.11. The molecule has 0 spiro atoms. The first-order valence-electron chi connectivity index (χ1n) is 6.67. The number of amides is 1. The van der Waals surface area contributed by atoms with Crippen LogP contribution in [0.1, 0.15) is 15.9 Å². The van der Waals surface area contributed by atoms with Gasteiger partial charge in [-0.3, -0.25) is 10.1 Å².